The number of nitrogens with zero attached hydrogens (tertiary/aromatic N) is 4. The lowest BCUT2D eigenvalue weighted by molar-refractivity contribution is 0.385. The van der Waals surface area contributed by atoms with Gasteiger partial charge in [-0.3, -0.25) is 9.40 Å². The van der Waals surface area contributed by atoms with Crippen LogP contribution in [0.4, 0.5) is 11.5 Å². The summed E-state index contributed by atoms with van der Waals surface area (Å²) in [7, 11) is -2.71. The normalized spacial score (nSPS) is 11.5. The molecule has 2 N–H and O–H groups in total. The van der Waals surface area contributed by atoms with Crippen LogP contribution in [0.1, 0.15) is 31.5 Å². The number of sulfonamides is 1. The minimum Gasteiger partial charge on any atom is -0.480 e. The molecule has 35 heavy (non-hydrogen) atoms. The van der Waals surface area contributed by atoms with Gasteiger partial charge in [-0.2, -0.15) is 5.10 Å². The van der Waals surface area contributed by atoms with Gasteiger partial charge in [0.25, 0.3) is 10.0 Å². The van der Waals surface area contributed by atoms with Gasteiger partial charge in [0.2, 0.25) is 11.8 Å². The number of rotatable bonds is 9. The molecule has 0 amide bonds. The molecule has 0 radical (unpaired) electrons. The fourth-order valence-corrected chi connectivity index (χ4v) is 4.61. The summed E-state index contributed by atoms with van der Waals surface area (Å²) >= 11 is 0. The molecule has 0 atom stereocenters. The molecule has 0 saturated heterocycles. The van der Waals surface area contributed by atoms with Crippen molar-refractivity contribution in [1.82, 2.24) is 19.7 Å². The Morgan fingerprint density at radius 2 is 1.89 bits per heavy atom. The molecule has 3 heterocycles. The highest BCUT2D eigenvalue weighted by atomic mass is 32.2. The first-order chi connectivity index (χ1) is 16.7. The van der Waals surface area contributed by atoms with Gasteiger partial charge in [0.1, 0.15) is 0 Å². The third kappa shape index (κ3) is 5.19. The monoisotopic (exact) mass is 494 g/mol. The van der Waals surface area contributed by atoms with E-state index in [0.717, 1.165) is 11.3 Å². The molecule has 0 bridgehead atoms. The zero-order valence-electron chi connectivity index (χ0n) is 19.8. The molecule has 3 aromatic heterocycles. The molecule has 4 aromatic rings. The first-order valence-electron chi connectivity index (χ1n) is 10.8. The van der Waals surface area contributed by atoms with Crippen LogP contribution in [0.15, 0.2) is 70.7 Å². The van der Waals surface area contributed by atoms with Crippen molar-refractivity contribution in [2.75, 3.05) is 17.1 Å². The maximum absolute atomic E-state index is 13.2. The Kier molecular flexibility index (Phi) is 6.61. The Balaban J connectivity index is 1.57. The molecule has 182 valence electrons. The average molecular weight is 495 g/mol. The van der Waals surface area contributed by atoms with Gasteiger partial charge < -0.3 is 14.5 Å². The summed E-state index contributed by atoms with van der Waals surface area (Å²) < 4.78 is 41.6. The number of hydrogen-bond acceptors (Lipinski definition) is 8. The Bertz CT molecular complexity index is 1460. The highest BCUT2D eigenvalue weighted by Crippen LogP contribution is 2.29. The minimum atomic E-state index is -4.06. The number of nitrogens with one attached hydrogen (secondary N) is 2. The Labute approximate surface area is 203 Å². The lowest BCUT2D eigenvalue weighted by Gasteiger charge is -2.12. The quantitative estimate of drug-likeness (QED) is 0.343. The zero-order chi connectivity index (χ0) is 25.2. The van der Waals surface area contributed by atoms with Gasteiger partial charge in [0.05, 0.1) is 30.9 Å². The number of aryl methyl sites for hydroxylation is 1. The van der Waals surface area contributed by atoms with Crippen molar-refractivity contribution >= 4 is 27.2 Å². The molecule has 0 unspecified atom stereocenters. The molecule has 0 aliphatic heterocycles. The highest BCUT2D eigenvalue weighted by molar-refractivity contribution is 7.92. The molecule has 0 saturated carbocycles. The molecule has 10 nitrogen and oxygen atoms in total. The van der Waals surface area contributed by atoms with E-state index in [1.165, 1.54) is 19.4 Å². The first kappa shape index (κ1) is 24.0. The molecule has 0 spiro atoms. The van der Waals surface area contributed by atoms with Gasteiger partial charge >= 0.3 is 0 Å². The summed E-state index contributed by atoms with van der Waals surface area (Å²) in [6.45, 7) is 9.73. The fourth-order valence-electron chi connectivity index (χ4n) is 3.48. The summed E-state index contributed by atoms with van der Waals surface area (Å²) in [6, 6.07) is 12.7. The zero-order valence-corrected chi connectivity index (χ0v) is 20.6. The summed E-state index contributed by atoms with van der Waals surface area (Å²) in [4.78, 5) is 8.23. The standard InChI is InChI=1S/C24H26N6O4S/c1-15(2)30-16(3)11-22(28-30)29-35(31,32)21-12-19(13-25-24(21)33-5)27-17(4)23-26-14-20(34-23)18-9-7-6-8-10-18/h6-15,27H,4H2,1-3,5H3,(H,28,29). The van der Waals surface area contributed by atoms with E-state index >= 15 is 0 Å². The number of ether oxygens (including phenoxy) is 1. The lowest BCUT2D eigenvalue weighted by atomic mass is 10.2. The summed E-state index contributed by atoms with van der Waals surface area (Å²) in [5, 5.41) is 7.33. The van der Waals surface area contributed by atoms with E-state index in [1.807, 2.05) is 51.1 Å². The highest BCUT2D eigenvalue weighted by Gasteiger charge is 2.24. The minimum absolute atomic E-state index is 0.0591. The SMILES string of the molecule is C=C(Nc1cnc(OC)c(S(=O)(=O)Nc2cc(C)n(C(C)C)n2)c1)c1ncc(-c2ccccc2)o1. The van der Waals surface area contributed by atoms with Gasteiger partial charge in [0.15, 0.2) is 16.5 Å². The van der Waals surface area contributed by atoms with Gasteiger partial charge in [0, 0.05) is 23.4 Å². The second-order valence-electron chi connectivity index (χ2n) is 8.05. The van der Waals surface area contributed by atoms with Crippen LogP contribution in [0.3, 0.4) is 0 Å². The Hall–Kier alpha value is -4.12. The van der Waals surface area contributed by atoms with Crippen molar-refractivity contribution in [2.45, 2.75) is 31.7 Å². The second-order valence-corrected chi connectivity index (χ2v) is 9.70. The van der Waals surface area contributed by atoms with Crippen LogP contribution in [0.25, 0.3) is 17.0 Å². The van der Waals surface area contributed by atoms with Crippen LogP contribution >= 0.6 is 0 Å². The third-order valence-corrected chi connectivity index (χ3v) is 6.42. The fraction of sp³-hybridized carbons (Fsp3) is 0.208. The third-order valence-electron chi connectivity index (χ3n) is 5.07. The van der Waals surface area contributed by atoms with Gasteiger partial charge in [-0.1, -0.05) is 36.9 Å². The van der Waals surface area contributed by atoms with Crippen molar-refractivity contribution in [1.29, 1.82) is 0 Å². The van der Waals surface area contributed by atoms with Gasteiger partial charge in [-0.25, -0.2) is 18.4 Å². The Morgan fingerprint density at radius 1 is 1.14 bits per heavy atom. The smallest absolute Gasteiger partial charge is 0.268 e. The molecule has 11 heteroatoms. The van der Waals surface area contributed by atoms with Gasteiger partial charge in [-0.05, 0) is 26.8 Å². The van der Waals surface area contributed by atoms with Crippen LogP contribution in [-0.4, -0.2) is 35.3 Å². The van der Waals surface area contributed by atoms with E-state index < -0.39 is 10.0 Å². The topological polar surface area (TPSA) is 124 Å². The summed E-state index contributed by atoms with van der Waals surface area (Å²) in [6.07, 6.45) is 3.03. The molecular formula is C24H26N6O4S. The molecule has 0 fully saturated rings. The summed E-state index contributed by atoms with van der Waals surface area (Å²) in [5.74, 6) is 0.988. The van der Waals surface area contributed by atoms with Crippen LogP contribution in [0.5, 0.6) is 5.88 Å². The maximum atomic E-state index is 13.2. The van der Waals surface area contributed by atoms with E-state index in [4.69, 9.17) is 9.15 Å². The van der Waals surface area contributed by atoms with E-state index in [9.17, 15) is 8.42 Å². The second kappa shape index (κ2) is 9.63. The lowest BCUT2D eigenvalue weighted by Crippen LogP contribution is -2.16. The van der Waals surface area contributed by atoms with Crippen LogP contribution in [0.2, 0.25) is 0 Å². The molecular weight excluding hydrogens is 468 g/mol. The van der Waals surface area contributed by atoms with E-state index in [0.29, 0.717) is 17.1 Å². The number of oxazole rings is 1. The van der Waals surface area contributed by atoms with E-state index in [1.54, 1.807) is 16.9 Å². The number of anilines is 2. The number of pyridine rings is 1. The van der Waals surface area contributed by atoms with Crippen molar-refractivity contribution in [2.24, 2.45) is 0 Å². The first-order valence-corrected chi connectivity index (χ1v) is 12.3. The van der Waals surface area contributed by atoms with E-state index in [-0.39, 0.29) is 28.5 Å². The predicted molar refractivity (Wildman–Crippen MR) is 134 cm³/mol. The van der Waals surface area contributed by atoms with E-state index in [2.05, 4.69) is 31.7 Å². The number of hydrogen-bond donors (Lipinski definition) is 2. The van der Waals surface area contributed by atoms with Crippen LogP contribution < -0.4 is 14.8 Å². The number of methoxy groups -OCH3 is 1. The van der Waals surface area contributed by atoms with Gasteiger partial charge in [-0.15, -0.1) is 0 Å². The maximum Gasteiger partial charge on any atom is 0.268 e. The van der Waals surface area contributed by atoms with Crippen molar-refractivity contribution in [3.05, 3.63) is 73.0 Å². The van der Waals surface area contributed by atoms with Crippen molar-refractivity contribution < 1.29 is 17.6 Å². The van der Waals surface area contributed by atoms with Crippen molar-refractivity contribution in [3.63, 3.8) is 0 Å². The number of benzene rings is 1. The largest absolute Gasteiger partial charge is 0.480 e. The molecule has 0 aliphatic carbocycles. The summed E-state index contributed by atoms with van der Waals surface area (Å²) in [5.41, 5.74) is 2.40. The van der Waals surface area contributed by atoms with Crippen LogP contribution in [0, 0.1) is 6.92 Å². The molecule has 1 aromatic carbocycles. The van der Waals surface area contributed by atoms with Crippen LogP contribution in [-0.2, 0) is 10.0 Å². The number of aromatic nitrogens is 4. The average Bonchev–Trinajstić information content (AvgIpc) is 3.46. The van der Waals surface area contributed by atoms with Crippen molar-refractivity contribution in [3.8, 4) is 17.2 Å². The Morgan fingerprint density at radius 3 is 2.54 bits per heavy atom. The molecule has 4 rings (SSSR count). The molecule has 0 aliphatic rings. The predicted octanol–water partition coefficient (Wildman–Crippen LogP) is 4.71.